The van der Waals surface area contributed by atoms with Gasteiger partial charge < -0.3 is 16.0 Å². The number of amides is 1. The SMILES string of the molecule is CCN(CC)CCCNC(=O)CCN. The van der Waals surface area contributed by atoms with Gasteiger partial charge in [0.25, 0.3) is 0 Å². The van der Waals surface area contributed by atoms with Crippen molar-refractivity contribution in [1.29, 1.82) is 0 Å². The van der Waals surface area contributed by atoms with E-state index in [1.54, 1.807) is 0 Å². The molecule has 0 rings (SSSR count). The zero-order chi connectivity index (χ0) is 10.8. The molecule has 0 radical (unpaired) electrons. The molecule has 0 aliphatic heterocycles. The zero-order valence-corrected chi connectivity index (χ0v) is 9.38. The van der Waals surface area contributed by atoms with Crippen molar-refractivity contribution in [3.8, 4) is 0 Å². The minimum Gasteiger partial charge on any atom is -0.356 e. The van der Waals surface area contributed by atoms with E-state index in [1.165, 1.54) is 0 Å². The largest absolute Gasteiger partial charge is 0.356 e. The summed E-state index contributed by atoms with van der Waals surface area (Å²) >= 11 is 0. The van der Waals surface area contributed by atoms with E-state index in [-0.39, 0.29) is 5.91 Å². The number of nitrogens with two attached hydrogens (primary N) is 1. The molecule has 0 aromatic heterocycles. The van der Waals surface area contributed by atoms with Crippen LogP contribution in [0.4, 0.5) is 0 Å². The third kappa shape index (κ3) is 6.86. The summed E-state index contributed by atoms with van der Waals surface area (Å²) < 4.78 is 0. The van der Waals surface area contributed by atoms with Crippen LogP contribution in [0, 0.1) is 0 Å². The number of carbonyl (C=O) groups is 1. The van der Waals surface area contributed by atoms with Gasteiger partial charge in [0.15, 0.2) is 0 Å². The topological polar surface area (TPSA) is 58.4 Å². The third-order valence-corrected chi connectivity index (χ3v) is 2.24. The first-order valence-electron chi connectivity index (χ1n) is 5.43. The van der Waals surface area contributed by atoms with E-state index in [9.17, 15) is 4.79 Å². The number of hydrogen-bond donors (Lipinski definition) is 2. The van der Waals surface area contributed by atoms with Crippen LogP contribution in [0.15, 0.2) is 0 Å². The molecule has 0 fully saturated rings. The number of nitrogens with one attached hydrogen (secondary N) is 1. The Balaban J connectivity index is 3.32. The lowest BCUT2D eigenvalue weighted by Crippen LogP contribution is -2.30. The van der Waals surface area contributed by atoms with Crippen LogP contribution in [0.1, 0.15) is 26.7 Å². The van der Waals surface area contributed by atoms with Crippen molar-refractivity contribution in [2.24, 2.45) is 5.73 Å². The first kappa shape index (κ1) is 13.4. The van der Waals surface area contributed by atoms with Gasteiger partial charge in [0.1, 0.15) is 0 Å². The fourth-order valence-corrected chi connectivity index (χ4v) is 1.29. The molecule has 0 heterocycles. The highest BCUT2D eigenvalue weighted by atomic mass is 16.1. The van der Waals surface area contributed by atoms with Crippen LogP contribution in [-0.2, 0) is 4.79 Å². The van der Waals surface area contributed by atoms with Crippen molar-refractivity contribution in [3.05, 3.63) is 0 Å². The van der Waals surface area contributed by atoms with Crippen LogP contribution in [0.2, 0.25) is 0 Å². The maximum atomic E-state index is 11.0. The van der Waals surface area contributed by atoms with Gasteiger partial charge in [-0.1, -0.05) is 13.8 Å². The van der Waals surface area contributed by atoms with Crippen molar-refractivity contribution >= 4 is 5.91 Å². The van der Waals surface area contributed by atoms with Crippen molar-refractivity contribution in [2.45, 2.75) is 26.7 Å². The Labute approximate surface area is 86.8 Å². The highest BCUT2D eigenvalue weighted by molar-refractivity contribution is 5.75. The molecule has 0 bridgehead atoms. The molecule has 0 spiro atoms. The maximum Gasteiger partial charge on any atom is 0.221 e. The molecule has 14 heavy (non-hydrogen) atoms. The lowest BCUT2D eigenvalue weighted by Gasteiger charge is -2.17. The Bertz CT molecular complexity index is 146. The minimum absolute atomic E-state index is 0.0621. The van der Waals surface area contributed by atoms with Gasteiger partial charge in [-0.3, -0.25) is 4.79 Å². The van der Waals surface area contributed by atoms with E-state index in [0.717, 1.165) is 32.6 Å². The summed E-state index contributed by atoms with van der Waals surface area (Å²) in [5.74, 6) is 0.0621. The Hall–Kier alpha value is -0.610. The van der Waals surface area contributed by atoms with Crippen molar-refractivity contribution in [1.82, 2.24) is 10.2 Å². The van der Waals surface area contributed by atoms with Crippen LogP contribution in [0.5, 0.6) is 0 Å². The van der Waals surface area contributed by atoms with Gasteiger partial charge in [-0.15, -0.1) is 0 Å². The van der Waals surface area contributed by atoms with Crippen LogP contribution in [-0.4, -0.2) is 43.5 Å². The molecule has 4 heteroatoms. The van der Waals surface area contributed by atoms with E-state index in [4.69, 9.17) is 5.73 Å². The standard InChI is InChI=1S/C10H23N3O/c1-3-13(4-2)9-5-8-12-10(14)6-7-11/h3-9,11H2,1-2H3,(H,12,14). The molecule has 0 atom stereocenters. The number of rotatable bonds is 8. The first-order valence-corrected chi connectivity index (χ1v) is 5.43. The van der Waals surface area contributed by atoms with Gasteiger partial charge in [-0.25, -0.2) is 0 Å². The first-order chi connectivity index (χ1) is 6.74. The predicted molar refractivity (Wildman–Crippen MR) is 59.1 cm³/mol. The Morgan fingerprint density at radius 2 is 2.00 bits per heavy atom. The lowest BCUT2D eigenvalue weighted by molar-refractivity contribution is -0.120. The predicted octanol–water partition coefficient (Wildman–Crippen LogP) is 0.183. The van der Waals surface area contributed by atoms with Crippen LogP contribution in [0.3, 0.4) is 0 Å². The van der Waals surface area contributed by atoms with Gasteiger partial charge in [0.05, 0.1) is 0 Å². The van der Waals surface area contributed by atoms with Crippen molar-refractivity contribution < 1.29 is 4.79 Å². The molecule has 0 saturated carbocycles. The summed E-state index contributed by atoms with van der Waals surface area (Å²) in [6.45, 7) is 8.70. The van der Waals surface area contributed by atoms with Gasteiger partial charge in [0, 0.05) is 19.5 Å². The zero-order valence-electron chi connectivity index (χ0n) is 9.38. The van der Waals surface area contributed by atoms with Gasteiger partial charge in [-0.2, -0.15) is 0 Å². The molecule has 4 nitrogen and oxygen atoms in total. The number of nitrogens with zero attached hydrogens (tertiary/aromatic N) is 1. The summed E-state index contributed by atoms with van der Waals surface area (Å²) in [5.41, 5.74) is 5.26. The van der Waals surface area contributed by atoms with E-state index in [1.807, 2.05) is 0 Å². The normalized spacial score (nSPS) is 10.6. The van der Waals surface area contributed by atoms with E-state index in [2.05, 4.69) is 24.1 Å². The minimum atomic E-state index is 0.0621. The maximum absolute atomic E-state index is 11.0. The van der Waals surface area contributed by atoms with Crippen LogP contribution >= 0.6 is 0 Å². The second-order valence-corrected chi connectivity index (χ2v) is 3.27. The van der Waals surface area contributed by atoms with Crippen molar-refractivity contribution in [3.63, 3.8) is 0 Å². The molecule has 1 amide bonds. The second kappa shape index (κ2) is 8.97. The van der Waals surface area contributed by atoms with Crippen molar-refractivity contribution in [2.75, 3.05) is 32.7 Å². The molecule has 3 N–H and O–H groups in total. The average Bonchev–Trinajstić information content (AvgIpc) is 2.19. The number of carbonyl (C=O) groups excluding carboxylic acids is 1. The molecule has 0 saturated heterocycles. The molecular formula is C10H23N3O. The summed E-state index contributed by atoms with van der Waals surface area (Å²) in [6.07, 6.45) is 1.45. The van der Waals surface area contributed by atoms with E-state index in [0.29, 0.717) is 13.0 Å². The van der Waals surface area contributed by atoms with E-state index < -0.39 is 0 Å². The van der Waals surface area contributed by atoms with Gasteiger partial charge >= 0.3 is 0 Å². The molecule has 0 aromatic carbocycles. The van der Waals surface area contributed by atoms with E-state index >= 15 is 0 Å². The van der Waals surface area contributed by atoms with Crippen LogP contribution < -0.4 is 11.1 Å². The van der Waals surface area contributed by atoms with Crippen LogP contribution in [0.25, 0.3) is 0 Å². The lowest BCUT2D eigenvalue weighted by atomic mass is 10.3. The van der Waals surface area contributed by atoms with Gasteiger partial charge in [0.2, 0.25) is 5.91 Å². The number of hydrogen-bond acceptors (Lipinski definition) is 3. The fourth-order valence-electron chi connectivity index (χ4n) is 1.29. The molecular weight excluding hydrogens is 178 g/mol. The highest BCUT2D eigenvalue weighted by Gasteiger charge is 2.00. The summed E-state index contributed by atoms with van der Waals surface area (Å²) in [4.78, 5) is 13.4. The molecule has 0 aromatic rings. The fraction of sp³-hybridized carbons (Fsp3) is 0.900. The average molecular weight is 201 g/mol. The monoisotopic (exact) mass is 201 g/mol. The Kier molecular flexibility index (Phi) is 8.57. The highest BCUT2D eigenvalue weighted by Crippen LogP contribution is 1.89. The summed E-state index contributed by atoms with van der Waals surface area (Å²) in [5, 5.41) is 2.84. The molecule has 84 valence electrons. The summed E-state index contributed by atoms with van der Waals surface area (Å²) in [6, 6.07) is 0. The Morgan fingerprint density at radius 1 is 1.36 bits per heavy atom. The summed E-state index contributed by atoms with van der Waals surface area (Å²) in [7, 11) is 0. The molecule has 0 aliphatic rings. The smallest absolute Gasteiger partial charge is 0.221 e. The third-order valence-electron chi connectivity index (χ3n) is 2.24. The molecule has 0 unspecified atom stereocenters. The van der Waals surface area contributed by atoms with Gasteiger partial charge in [-0.05, 0) is 26.1 Å². The second-order valence-electron chi connectivity index (χ2n) is 3.27. The quantitative estimate of drug-likeness (QED) is 0.551. The Morgan fingerprint density at radius 3 is 2.50 bits per heavy atom. The molecule has 0 aliphatic carbocycles.